The van der Waals surface area contributed by atoms with Crippen LogP contribution in [0.5, 0.6) is 0 Å². The third-order valence-corrected chi connectivity index (χ3v) is 5.03. The molecule has 6 heteroatoms. The molecule has 1 atom stereocenters. The van der Waals surface area contributed by atoms with Gasteiger partial charge in [0.2, 0.25) is 5.91 Å². The van der Waals surface area contributed by atoms with E-state index in [0.29, 0.717) is 36.6 Å². The average molecular weight is 386 g/mol. The van der Waals surface area contributed by atoms with Crippen LogP contribution in [0.3, 0.4) is 0 Å². The molecule has 0 aliphatic carbocycles. The number of nitrogens with one attached hydrogen (secondary N) is 1. The van der Waals surface area contributed by atoms with Gasteiger partial charge in [-0.2, -0.15) is 0 Å². The summed E-state index contributed by atoms with van der Waals surface area (Å²) >= 11 is 0. The first-order chi connectivity index (χ1) is 14.1. The summed E-state index contributed by atoms with van der Waals surface area (Å²) in [6.07, 6.45) is 1.99. The Kier molecular flexibility index (Phi) is 5.33. The third-order valence-electron chi connectivity index (χ3n) is 5.03. The van der Waals surface area contributed by atoms with Crippen molar-refractivity contribution in [2.24, 2.45) is 5.92 Å². The molecule has 0 unspecified atom stereocenters. The number of carbonyl (C=O) groups is 2. The van der Waals surface area contributed by atoms with Gasteiger partial charge in [0.05, 0.1) is 11.3 Å². The SMILES string of the molecule is Cc1ncc(C(=O)NC[C@@H]2CC(=O)N(c3ccccc3)C2)c(-c2ccccc2)n1. The zero-order valence-corrected chi connectivity index (χ0v) is 16.2. The normalized spacial score (nSPS) is 16.1. The van der Waals surface area contributed by atoms with Crippen LogP contribution in [0.15, 0.2) is 66.9 Å². The lowest BCUT2D eigenvalue weighted by atomic mass is 10.1. The Morgan fingerprint density at radius 2 is 1.79 bits per heavy atom. The summed E-state index contributed by atoms with van der Waals surface area (Å²) in [6, 6.07) is 19.2. The van der Waals surface area contributed by atoms with Crippen molar-refractivity contribution in [3.8, 4) is 11.3 Å². The first kappa shape index (κ1) is 18.8. The molecule has 4 rings (SSSR count). The molecule has 3 aromatic rings. The van der Waals surface area contributed by atoms with Gasteiger partial charge in [-0.1, -0.05) is 48.5 Å². The second-order valence-corrected chi connectivity index (χ2v) is 7.17. The lowest BCUT2D eigenvalue weighted by Gasteiger charge is -2.17. The minimum Gasteiger partial charge on any atom is -0.352 e. The zero-order chi connectivity index (χ0) is 20.2. The second-order valence-electron chi connectivity index (χ2n) is 7.17. The summed E-state index contributed by atoms with van der Waals surface area (Å²) in [5.74, 6) is 0.534. The number of amides is 2. The Morgan fingerprint density at radius 3 is 2.52 bits per heavy atom. The molecular formula is C23H22N4O2. The van der Waals surface area contributed by atoms with Crippen molar-refractivity contribution < 1.29 is 9.59 Å². The van der Waals surface area contributed by atoms with Crippen LogP contribution in [0.4, 0.5) is 5.69 Å². The van der Waals surface area contributed by atoms with Crippen molar-refractivity contribution in [3.63, 3.8) is 0 Å². The standard InChI is InChI=1S/C23H22N4O2/c1-16-24-14-20(22(26-16)18-8-4-2-5-9-18)23(29)25-13-17-12-21(28)27(15-17)19-10-6-3-7-11-19/h2-11,14,17H,12-13,15H2,1H3,(H,25,29)/t17-/m0/s1. The molecule has 1 fully saturated rings. The van der Waals surface area contributed by atoms with Gasteiger partial charge >= 0.3 is 0 Å². The highest BCUT2D eigenvalue weighted by atomic mass is 16.2. The number of rotatable bonds is 5. The van der Waals surface area contributed by atoms with Crippen LogP contribution < -0.4 is 10.2 Å². The molecule has 0 bridgehead atoms. The summed E-state index contributed by atoms with van der Waals surface area (Å²) in [7, 11) is 0. The maximum atomic E-state index is 12.9. The molecule has 0 radical (unpaired) electrons. The molecule has 1 N–H and O–H groups in total. The van der Waals surface area contributed by atoms with Crippen LogP contribution in [0.2, 0.25) is 0 Å². The molecule has 2 aromatic carbocycles. The number of nitrogens with zero attached hydrogens (tertiary/aromatic N) is 3. The molecule has 6 nitrogen and oxygen atoms in total. The largest absolute Gasteiger partial charge is 0.352 e. The van der Waals surface area contributed by atoms with Gasteiger partial charge in [-0.15, -0.1) is 0 Å². The fraction of sp³-hybridized carbons (Fsp3) is 0.217. The van der Waals surface area contributed by atoms with Crippen LogP contribution in [0, 0.1) is 12.8 Å². The topological polar surface area (TPSA) is 75.2 Å². The number of carbonyl (C=O) groups excluding carboxylic acids is 2. The zero-order valence-electron chi connectivity index (χ0n) is 16.2. The second kappa shape index (κ2) is 8.22. The number of aromatic nitrogens is 2. The summed E-state index contributed by atoms with van der Waals surface area (Å²) in [5, 5.41) is 2.97. The van der Waals surface area contributed by atoms with Crippen molar-refractivity contribution in [2.75, 3.05) is 18.0 Å². The van der Waals surface area contributed by atoms with E-state index in [0.717, 1.165) is 11.3 Å². The Bertz CT molecular complexity index is 1020. The molecule has 1 saturated heterocycles. The smallest absolute Gasteiger partial charge is 0.255 e. The number of hydrogen-bond donors (Lipinski definition) is 1. The Balaban J connectivity index is 1.45. The van der Waals surface area contributed by atoms with Gasteiger partial charge in [-0.05, 0) is 19.1 Å². The molecule has 146 valence electrons. The monoisotopic (exact) mass is 386 g/mol. The Labute approximate surface area is 169 Å². The number of hydrogen-bond acceptors (Lipinski definition) is 4. The molecule has 0 saturated carbocycles. The molecule has 0 spiro atoms. The maximum Gasteiger partial charge on any atom is 0.255 e. The lowest BCUT2D eigenvalue weighted by Crippen LogP contribution is -2.31. The van der Waals surface area contributed by atoms with E-state index in [9.17, 15) is 9.59 Å². The van der Waals surface area contributed by atoms with Crippen LogP contribution in [-0.2, 0) is 4.79 Å². The fourth-order valence-electron chi connectivity index (χ4n) is 3.56. The van der Waals surface area contributed by atoms with Crippen molar-refractivity contribution >= 4 is 17.5 Å². The van der Waals surface area contributed by atoms with Crippen molar-refractivity contribution in [1.29, 1.82) is 0 Å². The van der Waals surface area contributed by atoms with Gasteiger partial charge in [-0.3, -0.25) is 9.59 Å². The number of anilines is 1. The quantitative estimate of drug-likeness (QED) is 0.730. The van der Waals surface area contributed by atoms with Crippen molar-refractivity contribution in [2.45, 2.75) is 13.3 Å². The highest BCUT2D eigenvalue weighted by Gasteiger charge is 2.31. The van der Waals surface area contributed by atoms with E-state index in [1.165, 1.54) is 0 Å². The van der Waals surface area contributed by atoms with E-state index in [4.69, 9.17) is 0 Å². The Morgan fingerprint density at radius 1 is 1.10 bits per heavy atom. The maximum absolute atomic E-state index is 12.9. The van der Waals surface area contributed by atoms with Gasteiger partial charge in [0.1, 0.15) is 5.82 Å². The summed E-state index contributed by atoms with van der Waals surface area (Å²) in [4.78, 5) is 35.7. The predicted octanol–water partition coefficient (Wildman–Crippen LogP) is 3.23. The predicted molar refractivity (Wildman–Crippen MR) is 111 cm³/mol. The molecule has 1 aliphatic rings. The Hall–Kier alpha value is -3.54. The highest BCUT2D eigenvalue weighted by Crippen LogP contribution is 2.25. The lowest BCUT2D eigenvalue weighted by molar-refractivity contribution is -0.117. The summed E-state index contributed by atoms with van der Waals surface area (Å²) in [5.41, 5.74) is 2.81. The van der Waals surface area contributed by atoms with Crippen LogP contribution in [-0.4, -0.2) is 34.9 Å². The number of benzene rings is 2. The summed E-state index contributed by atoms with van der Waals surface area (Å²) in [6.45, 7) is 2.82. The van der Waals surface area contributed by atoms with Gasteiger partial charge < -0.3 is 10.2 Å². The van der Waals surface area contributed by atoms with Crippen molar-refractivity contribution in [3.05, 3.63) is 78.2 Å². The van der Waals surface area contributed by atoms with Gasteiger partial charge in [0.25, 0.3) is 5.91 Å². The first-order valence-electron chi connectivity index (χ1n) is 9.64. The minimum atomic E-state index is -0.227. The fourth-order valence-corrected chi connectivity index (χ4v) is 3.56. The van der Waals surface area contributed by atoms with E-state index in [2.05, 4.69) is 15.3 Å². The van der Waals surface area contributed by atoms with Gasteiger partial charge in [0.15, 0.2) is 0 Å². The molecule has 2 heterocycles. The van der Waals surface area contributed by atoms with E-state index in [1.54, 1.807) is 18.0 Å². The van der Waals surface area contributed by atoms with Crippen LogP contribution in [0.25, 0.3) is 11.3 Å². The average Bonchev–Trinajstić information content (AvgIpc) is 3.14. The molecule has 1 aliphatic heterocycles. The third kappa shape index (κ3) is 4.16. The van der Waals surface area contributed by atoms with Crippen LogP contribution >= 0.6 is 0 Å². The minimum absolute atomic E-state index is 0.0678. The van der Waals surface area contributed by atoms with E-state index in [1.807, 2.05) is 60.7 Å². The molecule has 29 heavy (non-hydrogen) atoms. The van der Waals surface area contributed by atoms with Gasteiger partial charge in [0, 0.05) is 42.9 Å². The highest BCUT2D eigenvalue weighted by molar-refractivity contribution is 6.00. The number of para-hydroxylation sites is 1. The van der Waals surface area contributed by atoms with E-state index < -0.39 is 0 Å². The first-order valence-corrected chi connectivity index (χ1v) is 9.64. The summed E-state index contributed by atoms with van der Waals surface area (Å²) < 4.78 is 0. The molecule has 1 aromatic heterocycles. The van der Waals surface area contributed by atoms with Crippen LogP contribution in [0.1, 0.15) is 22.6 Å². The van der Waals surface area contributed by atoms with Crippen molar-refractivity contribution in [1.82, 2.24) is 15.3 Å². The molecule has 2 amide bonds. The van der Waals surface area contributed by atoms with Gasteiger partial charge in [-0.25, -0.2) is 9.97 Å². The van der Waals surface area contributed by atoms with E-state index >= 15 is 0 Å². The van der Waals surface area contributed by atoms with E-state index in [-0.39, 0.29) is 17.7 Å². The number of aryl methyl sites for hydroxylation is 1. The molecular weight excluding hydrogens is 364 g/mol.